The first kappa shape index (κ1) is 17.6. The number of carbonyl (C=O) groups is 1. The topological polar surface area (TPSA) is 89.3 Å². The largest absolute Gasteiger partial charge is 0.495 e. The van der Waals surface area contributed by atoms with Gasteiger partial charge in [0.05, 0.1) is 12.8 Å². The maximum absolute atomic E-state index is 11.1. The lowest BCUT2D eigenvalue weighted by atomic mass is 10.1. The zero-order valence-corrected chi connectivity index (χ0v) is 15.5. The average Bonchev–Trinajstić information content (AvgIpc) is 3.28. The number of carboxylic acid groups (broad SMARTS) is 1. The van der Waals surface area contributed by atoms with Crippen LogP contribution in [0.4, 0.5) is 10.5 Å². The fraction of sp³-hybridized carbons (Fsp3) is 0.316. The van der Waals surface area contributed by atoms with Gasteiger partial charge >= 0.3 is 6.09 Å². The maximum atomic E-state index is 11.1. The van der Waals surface area contributed by atoms with E-state index in [2.05, 4.69) is 26.0 Å². The summed E-state index contributed by atoms with van der Waals surface area (Å²) in [6.45, 7) is 0. The number of benzene rings is 1. The number of ether oxygens (including phenoxy) is 1. The quantitative estimate of drug-likeness (QED) is 0.618. The normalized spacial score (nSPS) is 14.6. The first-order valence-electron chi connectivity index (χ1n) is 8.78. The van der Waals surface area contributed by atoms with Crippen LogP contribution in [0.5, 0.6) is 5.75 Å². The molecule has 1 amide bonds. The van der Waals surface area contributed by atoms with Gasteiger partial charge in [0.2, 0.25) is 5.28 Å². The van der Waals surface area contributed by atoms with E-state index in [4.69, 9.17) is 21.4 Å². The molecule has 0 unspecified atom stereocenters. The van der Waals surface area contributed by atoms with Crippen LogP contribution in [0.25, 0.3) is 22.2 Å². The molecule has 7 nitrogen and oxygen atoms in total. The van der Waals surface area contributed by atoms with Gasteiger partial charge < -0.3 is 14.4 Å². The van der Waals surface area contributed by atoms with Crippen LogP contribution in [0.2, 0.25) is 5.28 Å². The van der Waals surface area contributed by atoms with Gasteiger partial charge in [0.15, 0.2) is 0 Å². The summed E-state index contributed by atoms with van der Waals surface area (Å²) < 4.78 is 7.43. The summed E-state index contributed by atoms with van der Waals surface area (Å²) in [5.41, 5.74) is 2.98. The van der Waals surface area contributed by atoms with Crippen molar-refractivity contribution in [3.05, 3.63) is 35.9 Å². The SMILES string of the molecule is COc1ccc(-c2cn(C3CCCC3)c3nc(Cl)ncc23)cc1NC(=O)O. The molecule has 0 radical (unpaired) electrons. The van der Waals surface area contributed by atoms with Crippen molar-refractivity contribution in [3.63, 3.8) is 0 Å². The lowest BCUT2D eigenvalue weighted by molar-refractivity contribution is 0.209. The highest BCUT2D eigenvalue weighted by molar-refractivity contribution is 6.28. The molecule has 2 N–H and O–H groups in total. The Labute approximate surface area is 160 Å². The number of fused-ring (bicyclic) bond motifs is 1. The van der Waals surface area contributed by atoms with Crippen molar-refractivity contribution in [3.8, 4) is 16.9 Å². The second kappa shape index (κ2) is 7.08. The lowest BCUT2D eigenvalue weighted by Crippen LogP contribution is -2.08. The van der Waals surface area contributed by atoms with Crippen molar-refractivity contribution >= 4 is 34.4 Å². The minimum absolute atomic E-state index is 0.217. The molecule has 0 aliphatic heterocycles. The summed E-state index contributed by atoms with van der Waals surface area (Å²) in [4.78, 5) is 19.7. The van der Waals surface area contributed by atoms with Crippen LogP contribution in [0.3, 0.4) is 0 Å². The van der Waals surface area contributed by atoms with Crippen LogP contribution >= 0.6 is 11.6 Å². The number of hydrogen-bond acceptors (Lipinski definition) is 4. The number of anilines is 1. The predicted molar refractivity (Wildman–Crippen MR) is 104 cm³/mol. The van der Waals surface area contributed by atoms with E-state index >= 15 is 0 Å². The average molecular weight is 387 g/mol. The van der Waals surface area contributed by atoms with Crippen LogP contribution < -0.4 is 10.1 Å². The molecule has 27 heavy (non-hydrogen) atoms. The van der Waals surface area contributed by atoms with Gasteiger partial charge in [-0.2, -0.15) is 4.98 Å². The molecule has 1 saturated carbocycles. The van der Waals surface area contributed by atoms with Crippen LogP contribution in [-0.4, -0.2) is 32.8 Å². The van der Waals surface area contributed by atoms with Gasteiger partial charge in [0, 0.05) is 29.4 Å². The molecule has 140 valence electrons. The lowest BCUT2D eigenvalue weighted by Gasteiger charge is -2.12. The molecule has 3 aromatic rings. The fourth-order valence-electron chi connectivity index (χ4n) is 3.79. The van der Waals surface area contributed by atoms with Gasteiger partial charge in [0.1, 0.15) is 11.4 Å². The third kappa shape index (κ3) is 3.30. The molecule has 1 aliphatic carbocycles. The Kier molecular flexibility index (Phi) is 4.61. The number of nitrogens with zero attached hydrogens (tertiary/aromatic N) is 3. The summed E-state index contributed by atoms with van der Waals surface area (Å²) in [7, 11) is 1.50. The van der Waals surface area contributed by atoms with Crippen LogP contribution in [0, 0.1) is 0 Å². The molecule has 8 heteroatoms. The van der Waals surface area contributed by atoms with E-state index in [9.17, 15) is 4.79 Å². The maximum Gasteiger partial charge on any atom is 0.409 e. The van der Waals surface area contributed by atoms with Gasteiger partial charge in [-0.15, -0.1) is 0 Å². The Morgan fingerprint density at radius 2 is 2.15 bits per heavy atom. The number of halogens is 1. The van der Waals surface area contributed by atoms with E-state index in [1.54, 1.807) is 18.3 Å². The van der Waals surface area contributed by atoms with Crippen molar-refractivity contribution in [2.75, 3.05) is 12.4 Å². The van der Waals surface area contributed by atoms with Gasteiger partial charge in [-0.3, -0.25) is 5.32 Å². The third-order valence-electron chi connectivity index (χ3n) is 5.01. The number of aromatic nitrogens is 3. The summed E-state index contributed by atoms with van der Waals surface area (Å²) in [6, 6.07) is 5.79. The van der Waals surface area contributed by atoms with Crippen molar-refractivity contribution in [1.29, 1.82) is 0 Å². The third-order valence-corrected chi connectivity index (χ3v) is 5.19. The molecule has 0 atom stereocenters. The number of rotatable bonds is 4. The Hall–Kier alpha value is -2.80. The zero-order chi connectivity index (χ0) is 19.0. The molecule has 0 bridgehead atoms. The molecular formula is C19H19ClN4O3. The molecule has 2 aromatic heterocycles. The first-order chi connectivity index (χ1) is 13.1. The fourth-order valence-corrected chi connectivity index (χ4v) is 3.92. The number of nitrogens with one attached hydrogen (secondary N) is 1. The van der Waals surface area contributed by atoms with Crippen LogP contribution in [0.15, 0.2) is 30.6 Å². The Morgan fingerprint density at radius 3 is 2.85 bits per heavy atom. The first-order valence-corrected chi connectivity index (χ1v) is 9.16. The monoisotopic (exact) mass is 386 g/mol. The molecule has 0 spiro atoms. The molecule has 0 saturated heterocycles. The van der Waals surface area contributed by atoms with E-state index in [0.29, 0.717) is 17.5 Å². The second-order valence-electron chi connectivity index (χ2n) is 6.61. The van der Waals surface area contributed by atoms with Gasteiger partial charge in [-0.1, -0.05) is 18.9 Å². The Morgan fingerprint density at radius 1 is 1.37 bits per heavy atom. The highest BCUT2D eigenvalue weighted by Gasteiger charge is 2.22. The summed E-state index contributed by atoms with van der Waals surface area (Å²) in [5.74, 6) is 0.458. The van der Waals surface area contributed by atoms with Crippen LogP contribution in [0.1, 0.15) is 31.7 Å². The van der Waals surface area contributed by atoms with E-state index in [-0.39, 0.29) is 5.28 Å². The van der Waals surface area contributed by atoms with Crippen molar-refractivity contribution in [1.82, 2.24) is 14.5 Å². The molecule has 2 heterocycles. The van der Waals surface area contributed by atoms with Crippen molar-refractivity contribution in [2.24, 2.45) is 0 Å². The van der Waals surface area contributed by atoms with E-state index < -0.39 is 6.09 Å². The standard InChI is InChI=1S/C19H19ClN4O3/c1-27-16-7-6-11(8-15(16)22-19(25)26)14-10-24(12-4-2-3-5-12)17-13(14)9-21-18(20)23-17/h6-10,12,22H,2-5H2,1H3,(H,25,26). The predicted octanol–water partition coefficient (Wildman–Crippen LogP) is 4.97. The summed E-state index contributed by atoms with van der Waals surface area (Å²) in [6.07, 6.45) is 7.27. The van der Waals surface area contributed by atoms with E-state index in [1.165, 1.54) is 20.0 Å². The second-order valence-corrected chi connectivity index (χ2v) is 6.95. The van der Waals surface area contributed by atoms with Gasteiger partial charge in [-0.05, 0) is 42.1 Å². The van der Waals surface area contributed by atoms with E-state index in [1.807, 2.05) is 6.07 Å². The van der Waals surface area contributed by atoms with Crippen LogP contribution in [-0.2, 0) is 0 Å². The minimum atomic E-state index is -1.14. The Balaban J connectivity index is 1.87. The van der Waals surface area contributed by atoms with Gasteiger partial charge in [-0.25, -0.2) is 9.78 Å². The van der Waals surface area contributed by atoms with Crippen molar-refractivity contribution < 1.29 is 14.6 Å². The molecule has 1 aliphatic rings. The number of amides is 1. The van der Waals surface area contributed by atoms with E-state index in [0.717, 1.165) is 35.0 Å². The number of methoxy groups -OCH3 is 1. The molecule has 4 rings (SSSR count). The highest BCUT2D eigenvalue weighted by Crippen LogP contribution is 2.39. The molecular weight excluding hydrogens is 368 g/mol. The van der Waals surface area contributed by atoms with Gasteiger partial charge in [0.25, 0.3) is 0 Å². The smallest absolute Gasteiger partial charge is 0.409 e. The number of hydrogen-bond donors (Lipinski definition) is 2. The highest BCUT2D eigenvalue weighted by atomic mass is 35.5. The Bertz CT molecular complexity index is 1010. The van der Waals surface area contributed by atoms with Crippen molar-refractivity contribution in [2.45, 2.75) is 31.7 Å². The zero-order valence-electron chi connectivity index (χ0n) is 14.8. The molecule has 1 fully saturated rings. The molecule has 1 aromatic carbocycles. The summed E-state index contributed by atoms with van der Waals surface area (Å²) in [5, 5.41) is 12.6. The summed E-state index contributed by atoms with van der Waals surface area (Å²) >= 11 is 6.05. The minimum Gasteiger partial charge on any atom is -0.495 e.